The lowest BCUT2D eigenvalue weighted by molar-refractivity contribution is 0.558. The second-order valence-electron chi connectivity index (χ2n) is 5.22. The van der Waals surface area contributed by atoms with Crippen molar-refractivity contribution in [1.82, 2.24) is 4.72 Å². The van der Waals surface area contributed by atoms with E-state index in [-0.39, 0.29) is 12.1 Å². The average molecular weight is 296 g/mol. The van der Waals surface area contributed by atoms with Gasteiger partial charge in [-0.1, -0.05) is 18.2 Å². The van der Waals surface area contributed by atoms with Gasteiger partial charge in [0.05, 0.1) is 0 Å². The summed E-state index contributed by atoms with van der Waals surface area (Å²) in [4.78, 5) is 1.08. The first kappa shape index (κ1) is 13.1. The molecule has 0 atom stereocenters. The average Bonchev–Trinajstić information content (AvgIpc) is 2.94. The van der Waals surface area contributed by atoms with Crippen LogP contribution in [0.15, 0.2) is 29.2 Å². The summed E-state index contributed by atoms with van der Waals surface area (Å²) in [7, 11) is -3.50. The highest BCUT2D eigenvalue weighted by Crippen LogP contribution is 2.39. The number of hydrogen-bond acceptors (Lipinski definition) is 4. The van der Waals surface area contributed by atoms with Crippen LogP contribution in [0.3, 0.4) is 0 Å². The largest absolute Gasteiger partial charge is 0.326 e. The molecule has 102 valence electrons. The quantitative estimate of drug-likeness (QED) is 0.908. The Labute approximate surface area is 116 Å². The molecule has 0 aliphatic heterocycles. The molecule has 1 aromatic carbocycles. The van der Waals surface area contributed by atoms with Gasteiger partial charge in [0.2, 0.25) is 10.0 Å². The first-order valence-corrected chi connectivity index (χ1v) is 8.50. The monoisotopic (exact) mass is 296 g/mol. The van der Waals surface area contributed by atoms with Gasteiger partial charge in [0.15, 0.2) is 0 Å². The van der Waals surface area contributed by atoms with E-state index in [1.807, 2.05) is 31.2 Å². The molecule has 4 nitrogen and oxygen atoms in total. The van der Waals surface area contributed by atoms with Gasteiger partial charge in [-0.05, 0) is 25.8 Å². The van der Waals surface area contributed by atoms with E-state index < -0.39 is 10.0 Å². The molecular weight excluding hydrogens is 280 g/mol. The molecule has 1 aliphatic rings. The highest BCUT2D eigenvalue weighted by atomic mass is 32.2. The van der Waals surface area contributed by atoms with E-state index in [1.165, 1.54) is 11.3 Å². The predicted molar refractivity (Wildman–Crippen MR) is 77.7 cm³/mol. The van der Waals surface area contributed by atoms with Gasteiger partial charge in [-0.3, -0.25) is 0 Å². The van der Waals surface area contributed by atoms with Crippen LogP contribution < -0.4 is 10.5 Å². The smallest absolute Gasteiger partial charge is 0.242 e. The van der Waals surface area contributed by atoms with Crippen molar-refractivity contribution in [2.45, 2.75) is 36.7 Å². The highest BCUT2D eigenvalue weighted by Gasteiger charge is 2.42. The zero-order chi connectivity index (χ0) is 13.7. The maximum Gasteiger partial charge on any atom is 0.242 e. The molecule has 0 bridgehead atoms. The summed E-state index contributed by atoms with van der Waals surface area (Å²) >= 11 is 1.45. The van der Waals surface area contributed by atoms with Gasteiger partial charge in [0, 0.05) is 27.0 Å². The number of hydrogen-bond donors (Lipinski definition) is 2. The van der Waals surface area contributed by atoms with Crippen LogP contribution in [0.25, 0.3) is 10.1 Å². The summed E-state index contributed by atoms with van der Waals surface area (Å²) in [5.74, 6) is 0. The molecule has 1 aromatic heterocycles. The number of sulfonamides is 1. The SMILES string of the molecule is CC1(NS(=O)(=O)c2c(CN)sc3ccccc23)CC1. The molecule has 0 saturated heterocycles. The topological polar surface area (TPSA) is 72.2 Å². The van der Waals surface area contributed by atoms with Crippen molar-refractivity contribution in [1.29, 1.82) is 0 Å². The standard InChI is InChI=1S/C13H16N2O2S2/c1-13(6-7-13)15-19(16,17)12-9-4-2-3-5-10(9)18-11(12)8-14/h2-5,15H,6-8,14H2,1H3. The van der Waals surface area contributed by atoms with Crippen molar-refractivity contribution in [2.24, 2.45) is 5.73 Å². The first-order valence-electron chi connectivity index (χ1n) is 6.20. The van der Waals surface area contributed by atoms with Crippen molar-refractivity contribution in [3.05, 3.63) is 29.1 Å². The van der Waals surface area contributed by atoms with E-state index in [1.54, 1.807) is 0 Å². The molecule has 2 aromatic rings. The number of benzene rings is 1. The van der Waals surface area contributed by atoms with E-state index in [9.17, 15) is 8.42 Å². The lowest BCUT2D eigenvalue weighted by Crippen LogP contribution is -2.34. The summed E-state index contributed by atoms with van der Waals surface area (Å²) in [5.41, 5.74) is 5.44. The Morgan fingerprint density at radius 2 is 2.05 bits per heavy atom. The molecule has 6 heteroatoms. The summed E-state index contributed by atoms with van der Waals surface area (Å²) in [6.45, 7) is 2.17. The predicted octanol–water partition coefficient (Wildman–Crippen LogP) is 2.19. The van der Waals surface area contributed by atoms with Crippen LogP contribution in [0.1, 0.15) is 24.6 Å². The third-order valence-electron chi connectivity index (χ3n) is 3.45. The van der Waals surface area contributed by atoms with E-state index in [0.29, 0.717) is 4.90 Å². The minimum Gasteiger partial charge on any atom is -0.326 e. The van der Waals surface area contributed by atoms with Gasteiger partial charge in [-0.2, -0.15) is 0 Å². The van der Waals surface area contributed by atoms with Crippen molar-refractivity contribution >= 4 is 31.4 Å². The fourth-order valence-corrected chi connectivity index (χ4v) is 5.47. The van der Waals surface area contributed by atoms with Crippen LogP contribution >= 0.6 is 11.3 Å². The summed E-state index contributed by atoms with van der Waals surface area (Å²) in [6, 6.07) is 7.53. The second-order valence-corrected chi connectivity index (χ2v) is 7.98. The van der Waals surface area contributed by atoms with Crippen LogP contribution in [0.5, 0.6) is 0 Å². The minimum atomic E-state index is -3.50. The van der Waals surface area contributed by atoms with Crippen LogP contribution in [-0.4, -0.2) is 14.0 Å². The Morgan fingerprint density at radius 1 is 1.37 bits per heavy atom. The number of nitrogens with two attached hydrogens (primary N) is 1. The van der Waals surface area contributed by atoms with Gasteiger partial charge in [-0.25, -0.2) is 13.1 Å². The molecule has 0 unspecified atom stereocenters. The summed E-state index contributed by atoms with van der Waals surface area (Å²) in [5, 5.41) is 0.768. The molecule has 1 heterocycles. The second kappa shape index (κ2) is 4.28. The van der Waals surface area contributed by atoms with Crippen molar-refractivity contribution in [2.75, 3.05) is 0 Å². The number of rotatable bonds is 4. The lowest BCUT2D eigenvalue weighted by Gasteiger charge is -2.12. The Kier molecular flexibility index (Phi) is 2.94. The maximum atomic E-state index is 12.6. The van der Waals surface area contributed by atoms with E-state index >= 15 is 0 Å². The van der Waals surface area contributed by atoms with Crippen LogP contribution in [-0.2, 0) is 16.6 Å². The molecule has 3 N–H and O–H groups in total. The molecule has 0 amide bonds. The van der Waals surface area contributed by atoms with Gasteiger partial charge < -0.3 is 5.73 Å². The zero-order valence-corrected chi connectivity index (χ0v) is 12.3. The normalized spacial score (nSPS) is 17.8. The zero-order valence-electron chi connectivity index (χ0n) is 10.6. The summed E-state index contributed by atoms with van der Waals surface area (Å²) < 4.78 is 28.9. The van der Waals surface area contributed by atoms with Crippen molar-refractivity contribution in [3.8, 4) is 0 Å². The molecule has 1 saturated carbocycles. The number of fused-ring (bicyclic) bond motifs is 1. The van der Waals surface area contributed by atoms with Crippen LogP contribution in [0, 0.1) is 0 Å². The highest BCUT2D eigenvalue weighted by molar-refractivity contribution is 7.90. The maximum absolute atomic E-state index is 12.6. The Morgan fingerprint density at radius 3 is 2.68 bits per heavy atom. The number of nitrogens with one attached hydrogen (secondary N) is 1. The number of thiophene rings is 1. The van der Waals surface area contributed by atoms with E-state index in [2.05, 4.69) is 4.72 Å². The van der Waals surface area contributed by atoms with E-state index in [0.717, 1.165) is 27.8 Å². The minimum absolute atomic E-state index is 0.242. The molecule has 0 spiro atoms. The molecule has 19 heavy (non-hydrogen) atoms. The van der Waals surface area contributed by atoms with Gasteiger partial charge in [0.1, 0.15) is 4.90 Å². The fraction of sp³-hybridized carbons (Fsp3) is 0.385. The van der Waals surface area contributed by atoms with Crippen LogP contribution in [0.2, 0.25) is 0 Å². The van der Waals surface area contributed by atoms with Gasteiger partial charge in [-0.15, -0.1) is 11.3 Å². The Hall–Kier alpha value is -0.950. The fourth-order valence-electron chi connectivity index (χ4n) is 2.17. The third kappa shape index (κ3) is 2.29. The molecule has 0 radical (unpaired) electrons. The third-order valence-corrected chi connectivity index (χ3v) is 6.54. The van der Waals surface area contributed by atoms with E-state index in [4.69, 9.17) is 5.73 Å². The first-order chi connectivity index (χ1) is 8.95. The summed E-state index contributed by atoms with van der Waals surface area (Å²) in [6.07, 6.45) is 1.79. The van der Waals surface area contributed by atoms with Crippen LogP contribution in [0.4, 0.5) is 0 Å². The molecule has 1 aliphatic carbocycles. The van der Waals surface area contributed by atoms with Crippen molar-refractivity contribution in [3.63, 3.8) is 0 Å². The molecule has 3 rings (SSSR count). The molecular formula is C13H16N2O2S2. The van der Waals surface area contributed by atoms with Gasteiger partial charge >= 0.3 is 0 Å². The van der Waals surface area contributed by atoms with Gasteiger partial charge in [0.25, 0.3) is 0 Å². The lowest BCUT2D eigenvalue weighted by atomic mass is 10.2. The van der Waals surface area contributed by atoms with Crippen molar-refractivity contribution < 1.29 is 8.42 Å². The Balaban J connectivity index is 2.17. The Bertz CT molecular complexity index is 730. The molecule has 1 fully saturated rings.